The van der Waals surface area contributed by atoms with Crippen LogP contribution >= 0.6 is 0 Å². The molecule has 0 aromatic heterocycles. The summed E-state index contributed by atoms with van der Waals surface area (Å²) in [5.41, 5.74) is 5.45. The zero-order valence-corrected chi connectivity index (χ0v) is 18.5. The van der Waals surface area contributed by atoms with Gasteiger partial charge in [0.05, 0.1) is 39.6 Å². The average molecular weight is 386 g/mol. The van der Waals surface area contributed by atoms with Crippen LogP contribution in [-0.4, -0.2) is 111 Å². The van der Waals surface area contributed by atoms with Crippen molar-refractivity contribution in [2.45, 2.75) is 19.5 Å². The van der Waals surface area contributed by atoms with Crippen LogP contribution in [0.1, 0.15) is 13.8 Å². The van der Waals surface area contributed by atoms with Gasteiger partial charge in [0.1, 0.15) is 0 Å². The van der Waals surface area contributed by atoms with Crippen LogP contribution < -0.4 is 0 Å². The molecule has 0 spiro atoms. The maximum Gasteiger partial charge on any atom is 0.287 e. The van der Waals surface area contributed by atoms with E-state index in [-0.39, 0.29) is 9.52 Å². The van der Waals surface area contributed by atoms with Crippen molar-refractivity contribution in [3.05, 3.63) is 11.3 Å². The van der Waals surface area contributed by atoms with E-state index in [0.29, 0.717) is 0 Å². The fourth-order valence-corrected chi connectivity index (χ4v) is 14.8. The van der Waals surface area contributed by atoms with Gasteiger partial charge in [-0.15, -0.1) is 5.70 Å². The van der Waals surface area contributed by atoms with Crippen LogP contribution in [-0.2, 0) is 14.2 Å². The van der Waals surface area contributed by atoms with E-state index >= 15 is 0 Å². The number of nitrogens with zero attached hydrogens (tertiary/aromatic N) is 3. The summed E-state index contributed by atoms with van der Waals surface area (Å²) < 4.78 is 25.7. The van der Waals surface area contributed by atoms with Gasteiger partial charge in [0.15, 0.2) is 0 Å². The Kier molecular flexibility index (Phi) is 7.68. The van der Waals surface area contributed by atoms with Crippen molar-refractivity contribution >= 4 is 18.1 Å². The molecule has 3 rings (SSSR count). The van der Waals surface area contributed by atoms with Crippen LogP contribution in [0.5, 0.6) is 0 Å². The summed E-state index contributed by atoms with van der Waals surface area (Å²) in [5, 5.41) is 0. The van der Waals surface area contributed by atoms with Crippen LogP contribution in [0, 0.1) is 0 Å². The zero-order chi connectivity index (χ0) is 17.5. The Labute approximate surface area is 156 Å². The van der Waals surface area contributed by atoms with E-state index in [1.54, 1.807) is 0 Å². The molecule has 25 heavy (non-hydrogen) atoms. The average Bonchev–Trinajstić information content (AvgIpc) is 2.67. The molecule has 3 saturated heterocycles. The molecule has 0 bridgehead atoms. The predicted octanol–water partition coefficient (Wildman–Crippen LogP) is -0.0281. The minimum absolute atomic E-state index is 0.223. The summed E-state index contributed by atoms with van der Waals surface area (Å²) in [6, 6.07) is 0. The molecule has 6 nitrogen and oxygen atoms in total. The lowest BCUT2D eigenvalue weighted by molar-refractivity contribution is 0.0164. The minimum atomic E-state index is -1.88. The predicted molar refractivity (Wildman–Crippen MR) is 106 cm³/mol. The molecule has 0 aromatic rings. The number of hydrogen-bond donors (Lipinski definition) is 0. The lowest BCUT2D eigenvalue weighted by Crippen LogP contribution is -2.79. The third-order valence-electron chi connectivity index (χ3n) is 5.58. The van der Waals surface area contributed by atoms with E-state index < -0.39 is 8.56 Å². The SMILES string of the molecule is CC(C)=C[SiH2]C[Si](N1CCOCC1)(N1CCOCC1)N1CCOCC1. The van der Waals surface area contributed by atoms with Crippen molar-refractivity contribution in [3.8, 4) is 0 Å². The third-order valence-corrected chi connectivity index (χ3v) is 14.9. The molecule has 0 amide bonds. The van der Waals surface area contributed by atoms with Crippen molar-refractivity contribution in [1.82, 2.24) is 13.7 Å². The zero-order valence-electron chi connectivity index (χ0n) is 16.0. The maximum absolute atomic E-state index is 5.71. The molecule has 0 unspecified atom stereocenters. The van der Waals surface area contributed by atoms with Crippen LogP contribution in [0.15, 0.2) is 11.3 Å². The van der Waals surface area contributed by atoms with Gasteiger partial charge in [-0.05, 0) is 19.5 Å². The van der Waals surface area contributed by atoms with Gasteiger partial charge in [-0.1, -0.05) is 5.57 Å². The Balaban J connectivity index is 1.89. The van der Waals surface area contributed by atoms with Crippen molar-refractivity contribution in [1.29, 1.82) is 0 Å². The molecule has 8 heteroatoms. The van der Waals surface area contributed by atoms with Crippen molar-refractivity contribution in [2.24, 2.45) is 0 Å². The summed E-state index contributed by atoms with van der Waals surface area (Å²) in [4.78, 5) is 0. The van der Waals surface area contributed by atoms with E-state index in [0.717, 1.165) is 78.9 Å². The number of rotatable bonds is 6. The summed E-state index contributed by atoms with van der Waals surface area (Å²) >= 11 is 0. The van der Waals surface area contributed by atoms with Gasteiger partial charge >= 0.3 is 0 Å². The lowest BCUT2D eigenvalue weighted by atomic mass is 10.4. The Morgan fingerprint density at radius 3 is 1.44 bits per heavy atom. The number of ether oxygens (including phenoxy) is 3. The van der Waals surface area contributed by atoms with Gasteiger partial charge in [-0.3, -0.25) is 13.7 Å². The molecule has 0 saturated carbocycles. The lowest BCUT2D eigenvalue weighted by Gasteiger charge is -2.56. The first-order chi connectivity index (χ1) is 12.2. The molecule has 0 N–H and O–H groups in total. The summed E-state index contributed by atoms with van der Waals surface area (Å²) in [6.07, 6.45) is 0. The van der Waals surface area contributed by atoms with E-state index in [2.05, 4.69) is 33.2 Å². The fraction of sp³-hybridized carbons (Fsp3) is 0.882. The molecule has 0 radical (unpaired) electrons. The first-order valence-electron chi connectivity index (χ1n) is 9.85. The first kappa shape index (κ1) is 19.7. The van der Waals surface area contributed by atoms with Crippen LogP contribution in [0.3, 0.4) is 0 Å². The Bertz CT molecular complexity index is 385. The van der Waals surface area contributed by atoms with Gasteiger partial charge in [-0.2, -0.15) is 0 Å². The van der Waals surface area contributed by atoms with Gasteiger partial charge in [0, 0.05) is 48.8 Å². The molecular formula is C17H35N3O3Si2. The quantitative estimate of drug-likeness (QED) is 0.598. The Morgan fingerprint density at radius 1 is 0.760 bits per heavy atom. The second kappa shape index (κ2) is 9.75. The van der Waals surface area contributed by atoms with Crippen LogP contribution in [0.4, 0.5) is 0 Å². The number of morpholine rings is 3. The first-order valence-corrected chi connectivity index (χ1v) is 13.7. The highest BCUT2D eigenvalue weighted by Crippen LogP contribution is 2.28. The van der Waals surface area contributed by atoms with E-state index in [9.17, 15) is 0 Å². The van der Waals surface area contributed by atoms with E-state index in [4.69, 9.17) is 14.2 Å². The molecule has 0 atom stereocenters. The topological polar surface area (TPSA) is 37.4 Å². The normalized spacial score (nSPS) is 25.5. The standard InChI is InChI=1S/C17H35N3O3Si2/c1-17(2)15-24-16-25(18-3-9-21-10-4-18,19-5-11-22-12-6-19)20-7-13-23-14-8-20/h15H,3-14,16,24H2,1-2H3. The molecule has 3 aliphatic rings. The highest BCUT2D eigenvalue weighted by atomic mass is 28.4. The smallest absolute Gasteiger partial charge is 0.287 e. The molecule has 0 aliphatic carbocycles. The maximum atomic E-state index is 5.71. The molecule has 3 heterocycles. The molecule has 0 aromatic carbocycles. The van der Waals surface area contributed by atoms with Gasteiger partial charge in [0.25, 0.3) is 8.56 Å². The van der Waals surface area contributed by atoms with Crippen LogP contribution in [0.25, 0.3) is 0 Å². The number of hydrogen-bond acceptors (Lipinski definition) is 6. The van der Waals surface area contributed by atoms with Crippen molar-refractivity contribution in [2.75, 3.05) is 78.9 Å². The number of allylic oxidation sites excluding steroid dienone is 1. The minimum Gasteiger partial charge on any atom is -0.379 e. The molecular weight excluding hydrogens is 350 g/mol. The highest BCUT2D eigenvalue weighted by molar-refractivity contribution is 6.80. The van der Waals surface area contributed by atoms with Gasteiger partial charge in [0.2, 0.25) is 0 Å². The van der Waals surface area contributed by atoms with Gasteiger partial charge < -0.3 is 14.2 Å². The van der Waals surface area contributed by atoms with E-state index in [1.807, 2.05) is 0 Å². The summed E-state index contributed by atoms with van der Waals surface area (Å²) in [5.74, 6) is 0. The van der Waals surface area contributed by atoms with Crippen molar-refractivity contribution < 1.29 is 14.2 Å². The van der Waals surface area contributed by atoms with Gasteiger partial charge in [-0.25, -0.2) is 0 Å². The molecule has 144 valence electrons. The molecule has 3 fully saturated rings. The van der Waals surface area contributed by atoms with Crippen LogP contribution in [0.2, 0.25) is 5.67 Å². The monoisotopic (exact) mass is 385 g/mol. The Morgan fingerprint density at radius 2 is 1.12 bits per heavy atom. The fourth-order valence-electron chi connectivity index (χ4n) is 4.39. The second-order valence-corrected chi connectivity index (χ2v) is 13.8. The van der Waals surface area contributed by atoms with E-state index in [1.165, 1.54) is 11.2 Å². The second-order valence-electron chi connectivity index (χ2n) is 7.39. The largest absolute Gasteiger partial charge is 0.379 e. The summed E-state index contributed by atoms with van der Waals surface area (Å²) in [6.45, 7) is 16.3. The Hall–Kier alpha value is -0.0662. The third kappa shape index (κ3) is 4.81. The highest BCUT2D eigenvalue weighted by Gasteiger charge is 2.51. The summed E-state index contributed by atoms with van der Waals surface area (Å²) in [7, 11) is -2.11. The van der Waals surface area contributed by atoms with Crippen molar-refractivity contribution in [3.63, 3.8) is 0 Å². The molecule has 3 aliphatic heterocycles.